The monoisotopic (exact) mass is 306 g/mol. The summed E-state index contributed by atoms with van der Waals surface area (Å²) in [5, 5.41) is 17.3. The van der Waals surface area contributed by atoms with Crippen molar-refractivity contribution in [2.24, 2.45) is 5.92 Å². The van der Waals surface area contributed by atoms with Gasteiger partial charge in [0.1, 0.15) is 0 Å². The van der Waals surface area contributed by atoms with Crippen molar-refractivity contribution in [3.63, 3.8) is 0 Å². The van der Waals surface area contributed by atoms with Crippen LogP contribution >= 0.6 is 0 Å². The van der Waals surface area contributed by atoms with Gasteiger partial charge in [-0.1, -0.05) is 0 Å². The van der Waals surface area contributed by atoms with E-state index in [2.05, 4.69) is 0 Å². The summed E-state index contributed by atoms with van der Waals surface area (Å²) in [5.41, 5.74) is 0. The van der Waals surface area contributed by atoms with Gasteiger partial charge in [0.15, 0.2) is 0 Å². The molecule has 0 aromatic rings. The molecule has 0 aromatic heterocycles. The largest absolute Gasteiger partial charge is 0.383 e. The highest BCUT2D eigenvalue weighted by molar-refractivity contribution is 5.89. The zero-order chi connectivity index (χ0) is 16.5. The molecule has 0 saturated carbocycles. The molecule has 2 atom stereocenters. The lowest BCUT2D eigenvalue weighted by Gasteiger charge is -2.26. The Morgan fingerprint density at radius 1 is 1.41 bits per heavy atom. The highest BCUT2D eigenvalue weighted by atomic mass is 16.5. The van der Waals surface area contributed by atoms with Crippen LogP contribution in [0.4, 0.5) is 0 Å². The average Bonchev–Trinajstić information content (AvgIpc) is 2.89. The number of nitrogens with zero attached hydrogens (tertiary/aromatic N) is 4. The number of hydrogen-bond acceptors (Lipinski definition) is 5. The van der Waals surface area contributed by atoms with E-state index >= 15 is 0 Å². The zero-order valence-electron chi connectivity index (χ0n) is 13.1. The third-order valence-electron chi connectivity index (χ3n) is 3.75. The molecule has 0 spiro atoms. The van der Waals surface area contributed by atoms with Gasteiger partial charge < -0.3 is 14.5 Å². The second kappa shape index (κ2) is 9.01. The SMILES string of the molecule is COC[C@@H](C)N1C[C@@H](C(=O)N(CCC#N)CCC#N)CC1=O. The molecule has 7 nitrogen and oxygen atoms in total. The average molecular weight is 306 g/mol. The van der Waals surface area contributed by atoms with Crippen LogP contribution in [0.15, 0.2) is 0 Å². The maximum atomic E-state index is 12.5. The molecule has 1 fully saturated rings. The van der Waals surface area contributed by atoms with Crippen LogP contribution in [0.3, 0.4) is 0 Å². The fourth-order valence-electron chi connectivity index (χ4n) is 2.61. The minimum Gasteiger partial charge on any atom is -0.383 e. The summed E-state index contributed by atoms with van der Waals surface area (Å²) in [5.74, 6) is -0.599. The Labute approximate surface area is 131 Å². The Kier molecular flexibility index (Phi) is 7.34. The van der Waals surface area contributed by atoms with Gasteiger partial charge in [-0.2, -0.15) is 10.5 Å². The number of hydrogen-bond donors (Lipinski definition) is 0. The number of amides is 2. The van der Waals surface area contributed by atoms with Crippen molar-refractivity contribution in [1.29, 1.82) is 10.5 Å². The van der Waals surface area contributed by atoms with Crippen molar-refractivity contribution in [1.82, 2.24) is 9.80 Å². The Morgan fingerprint density at radius 2 is 2.00 bits per heavy atom. The molecule has 1 aliphatic heterocycles. The van der Waals surface area contributed by atoms with Gasteiger partial charge in [-0.05, 0) is 6.92 Å². The first kappa shape index (κ1) is 17.9. The smallest absolute Gasteiger partial charge is 0.228 e. The maximum Gasteiger partial charge on any atom is 0.228 e. The van der Waals surface area contributed by atoms with Gasteiger partial charge in [0.05, 0.1) is 43.5 Å². The predicted molar refractivity (Wildman–Crippen MR) is 78.2 cm³/mol. The van der Waals surface area contributed by atoms with E-state index in [4.69, 9.17) is 15.3 Å². The Bertz CT molecular complexity index is 462. The van der Waals surface area contributed by atoms with E-state index in [9.17, 15) is 9.59 Å². The molecule has 1 rings (SSSR count). The van der Waals surface area contributed by atoms with Crippen LogP contribution in [-0.2, 0) is 14.3 Å². The highest BCUT2D eigenvalue weighted by Crippen LogP contribution is 2.22. The van der Waals surface area contributed by atoms with Gasteiger partial charge in [-0.25, -0.2) is 0 Å². The van der Waals surface area contributed by atoms with Crippen LogP contribution in [0, 0.1) is 28.6 Å². The van der Waals surface area contributed by atoms with Crippen molar-refractivity contribution in [3.8, 4) is 12.1 Å². The fraction of sp³-hybridized carbons (Fsp3) is 0.733. The molecule has 0 bridgehead atoms. The lowest BCUT2D eigenvalue weighted by molar-refractivity contribution is -0.135. The molecule has 1 aliphatic rings. The van der Waals surface area contributed by atoms with Crippen LogP contribution in [0.1, 0.15) is 26.2 Å². The number of carbonyl (C=O) groups is 2. The number of likely N-dealkylation sites (tertiary alicyclic amines) is 1. The Balaban J connectivity index is 2.68. The lowest BCUT2D eigenvalue weighted by atomic mass is 10.1. The van der Waals surface area contributed by atoms with Gasteiger partial charge in [0.2, 0.25) is 11.8 Å². The van der Waals surface area contributed by atoms with Crippen molar-refractivity contribution >= 4 is 11.8 Å². The molecule has 0 radical (unpaired) electrons. The molecule has 0 aliphatic carbocycles. The molecule has 120 valence electrons. The molecule has 22 heavy (non-hydrogen) atoms. The van der Waals surface area contributed by atoms with E-state index in [0.29, 0.717) is 26.2 Å². The van der Waals surface area contributed by atoms with Crippen molar-refractivity contribution in [3.05, 3.63) is 0 Å². The van der Waals surface area contributed by atoms with Crippen molar-refractivity contribution < 1.29 is 14.3 Å². The first-order chi connectivity index (χ1) is 10.5. The van der Waals surface area contributed by atoms with Gasteiger partial charge in [0, 0.05) is 33.2 Å². The van der Waals surface area contributed by atoms with Gasteiger partial charge >= 0.3 is 0 Å². The number of nitriles is 2. The molecule has 7 heteroatoms. The molecule has 0 unspecified atom stereocenters. The lowest BCUT2D eigenvalue weighted by Crippen LogP contribution is -2.41. The Morgan fingerprint density at radius 3 is 2.50 bits per heavy atom. The molecule has 1 heterocycles. The molecular weight excluding hydrogens is 284 g/mol. The minimum absolute atomic E-state index is 0.0524. The summed E-state index contributed by atoms with van der Waals surface area (Å²) < 4.78 is 5.05. The van der Waals surface area contributed by atoms with Crippen LogP contribution in [0.5, 0.6) is 0 Å². The standard InChI is InChI=1S/C15H22N4O3/c1-12(11-22-2)19-10-13(9-14(19)20)15(21)18(7-3-5-16)8-4-6-17/h12-13H,3-4,7-11H2,1-2H3/t12-,13+/m1/s1. The van der Waals surface area contributed by atoms with Gasteiger partial charge in [0.25, 0.3) is 0 Å². The summed E-state index contributed by atoms with van der Waals surface area (Å²) in [6.45, 7) is 3.29. The number of methoxy groups -OCH3 is 1. The normalized spacial score (nSPS) is 18.6. The van der Waals surface area contributed by atoms with Gasteiger partial charge in [-0.15, -0.1) is 0 Å². The summed E-state index contributed by atoms with van der Waals surface area (Å²) >= 11 is 0. The molecule has 0 N–H and O–H groups in total. The molecule has 1 saturated heterocycles. The van der Waals surface area contributed by atoms with Crippen molar-refractivity contribution in [2.45, 2.75) is 32.2 Å². The van der Waals surface area contributed by atoms with Crippen LogP contribution in [-0.4, -0.2) is 61.0 Å². The first-order valence-corrected chi connectivity index (χ1v) is 7.36. The van der Waals surface area contributed by atoms with E-state index in [1.165, 1.54) is 4.90 Å². The zero-order valence-corrected chi connectivity index (χ0v) is 13.1. The number of rotatable bonds is 8. The van der Waals surface area contributed by atoms with Crippen LogP contribution in [0.2, 0.25) is 0 Å². The van der Waals surface area contributed by atoms with Crippen LogP contribution in [0.25, 0.3) is 0 Å². The van der Waals surface area contributed by atoms with Crippen LogP contribution < -0.4 is 0 Å². The summed E-state index contributed by atoms with van der Waals surface area (Å²) in [7, 11) is 1.57. The number of carbonyl (C=O) groups excluding carboxylic acids is 2. The summed E-state index contributed by atoms with van der Waals surface area (Å²) in [6, 6.07) is 3.94. The second-order valence-electron chi connectivity index (χ2n) is 5.39. The van der Waals surface area contributed by atoms with E-state index in [0.717, 1.165) is 0 Å². The van der Waals surface area contributed by atoms with E-state index in [1.54, 1.807) is 12.0 Å². The highest BCUT2D eigenvalue weighted by Gasteiger charge is 2.38. The fourth-order valence-corrected chi connectivity index (χ4v) is 2.61. The van der Waals surface area contributed by atoms with E-state index in [-0.39, 0.29) is 37.1 Å². The summed E-state index contributed by atoms with van der Waals surface area (Å²) in [4.78, 5) is 27.8. The maximum absolute atomic E-state index is 12.5. The third-order valence-corrected chi connectivity index (χ3v) is 3.75. The first-order valence-electron chi connectivity index (χ1n) is 7.36. The minimum atomic E-state index is -0.399. The molecular formula is C15H22N4O3. The topological polar surface area (TPSA) is 97.4 Å². The predicted octanol–water partition coefficient (Wildman–Crippen LogP) is 0.526. The van der Waals surface area contributed by atoms with Crippen molar-refractivity contribution in [2.75, 3.05) is 33.4 Å². The third kappa shape index (κ3) is 4.71. The quantitative estimate of drug-likeness (QED) is 0.651. The number of ether oxygens (including phenoxy) is 1. The molecule has 2 amide bonds. The second-order valence-corrected chi connectivity index (χ2v) is 5.39. The van der Waals surface area contributed by atoms with E-state index in [1.807, 2.05) is 19.1 Å². The Hall–Kier alpha value is -2.12. The van der Waals surface area contributed by atoms with Gasteiger partial charge in [-0.3, -0.25) is 9.59 Å². The molecule has 0 aromatic carbocycles. The van der Waals surface area contributed by atoms with E-state index < -0.39 is 5.92 Å². The summed E-state index contributed by atoms with van der Waals surface area (Å²) in [6.07, 6.45) is 0.631.